The van der Waals surface area contributed by atoms with Gasteiger partial charge in [0.25, 0.3) is 5.91 Å². The van der Waals surface area contributed by atoms with Crippen LogP contribution in [-0.2, 0) is 0 Å². The highest BCUT2D eigenvalue weighted by molar-refractivity contribution is 6.43. The van der Waals surface area contributed by atoms with Crippen LogP contribution in [0.25, 0.3) is 0 Å². The van der Waals surface area contributed by atoms with E-state index in [2.05, 4.69) is 10.6 Å². The molecule has 1 saturated heterocycles. The van der Waals surface area contributed by atoms with Gasteiger partial charge in [0.15, 0.2) is 0 Å². The van der Waals surface area contributed by atoms with Crippen molar-refractivity contribution < 1.29 is 4.79 Å². The molecule has 1 unspecified atom stereocenters. The van der Waals surface area contributed by atoms with E-state index in [0.29, 0.717) is 15.6 Å². The van der Waals surface area contributed by atoms with E-state index in [1.807, 2.05) is 0 Å². The molecule has 20 heavy (non-hydrogen) atoms. The van der Waals surface area contributed by atoms with Crippen LogP contribution >= 0.6 is 23.2 Å². The Hall–Kier alpha value is -0.770. The molecule has 1 spiro atoms. The lowest BCUT2D eigenvalue weighted by molar-refractivity contribution is 0.0853. The molecule has 1 saturated carbocycles. The predicted molar refractivity (Wildman–Crippen MR) is 81.5 cm³/mol. The SMILES string of the molecule is O=C(NC1CCNC2(CCC2)C1)c1cccc(Cl)c1Cl. The fraction of sp³-hybridized carbons (Fsp3) is 0.533. The van der Waals surface area contributed by atoms with Crippen molar-refractivity contribution in [1.29, 1.82) is 0 Å². The number of rotatable bonds is 2. The molecule has 1 amide bonds. The minimum Gasteiger partial charge on any atom is -0.349 e. The first-order valence-electron chi connectivity index (χ1n) is 7.10. The second kappa shape index (κ2) is 5.55. The maximum absolute atomic E-state index is 12.3. The number of carbonyl (C=O) groups excluding carboxylic acids is 1. The van der Waals surface area contributed by atoms with Gasteiger partial charge in [-0.05, 0) is 50.8 Å². The number of carbonyl (C=O) groups is 1. The van der Waals surface area contributed by atoms with Gasteiger partial charge >= 0.3 is 0 Å². The summed E-state index contributed by atoms with van der Waals surface area (Å²) >= 11 is 12.1. The van der Waals surface area contributed by atoms with Crippen LogP contribution in [0, 0.1) is 0 Å². The number of hydrogen-bond acceptors (Lipinski definition) is 2. The van der Waals surface area contributed by atoms with E-state index >= 15 is 0 Å². The first-order valence-corrected chi connectivity index (χ1v) is 7.85. The van der Waals surface area contributed by atoms with Gasteiger partial charge in [0.1, 0.15) is 0 Å². The van der Waals surface area contributed by atoms with Gasteiger partial charge in [-0.25, -0.2) is 0 Å². The highest BCUT2D eigenvalue weighted by Gasteiger charge is 2.41. The van der Waals surface area contributed by atoms with Crippen LogP contribution in [0.5, 0.6) is 0 Å². The van der Waals surface area contributed by atoms with E-state index in [9.17, 15) is 4.79 Å². The molecule has 1 aliphatic carbocycles. The van der Waals surface area contributed by atoms with E-state index in [-0.39, 0.29) is 17.5 Å². The minimum absolute atomic E-state index is 0.126. The normalized spacial score (nSPS) is 24.2. The Balaban J connectivity index is 1.68. The number of benzene rings is 1. The molecule has 5 heteroatoms. The van der Waals surface area contributed by atoms with E-state index in [4.69, 9.17) is 23.2 Å². The lowest BCUT2D eigenvalue weighted by Crippen LogP contribution is -2.59. The number of piperidine rings is 1. The Bertz CT molecular complexity index is 529. The van der Waals surface area contributed by atoms with Crippen LogP contribution in [0.4, 0.5) is 0 Å². The Kier molecular flexibility index (Phi) is 3.93. The third kappa shape index (κ3) is 2.67. The van der Waals surface area contributed by atoms with Gasteiger partial charge in [-0.2, -0.15) is 0 Å². The number of nitrogens with one attached hydrogen (secondary N) is 2. The van der Waals surface area contributed by atoms with Crippen molar-refractivity contribution in [1.82, 2.24) is 10.6 Å². The predicted octanol–water partition coefficient (Wildman–Crippen LogP) is 3.40. The van der Waals surface area contributed by atoms with Crippen molar-refractivity contribution in [2.75, 3.05) is 6.54 Å². The zero-order valence-corrected chi connectivity index (χ0v) is 12.7. The second-order valence-electron chi connectivity index (χ2n) is 5.83. The lowest BCUT2D eigenvalue weighted by atomic mass is 9.70. The van der Waals surface area contributed by atoms with Crippen LogP contribution < -0.4 is 10.6 Å². The molecule has 1 atom stereocenters. The summed E-state index contributed by atoms with van der Waals surface area (Å²) in [5.41, 5.74) is 0.731. The van der Waals surface area contributed by atoms with Crippen molar-refractivity contribution in [3.8, 4) is 0 Å². The highest BCUT2D eigenvalue weighted by atomic mass is 35.5. The molecule has 1 heterocycles. The highest BCUT2D eigenvalue weighted by Crippen LogP contribution is 2.38. The van der Waals surface area contributed by atoms with Crippen molar-refractivity contribution in [2.24, 2.45) is 0 Å². The maximum Gasteiger partial charge on any atom is 0.253 e. The van der Waals surface area contributed by atoms with Gasteiger partial charge < -0.3 is 10.6 Å². The van der Waals surface area contributed by atoms with Gasteiger partial charge in [-0.15, -0.1) is 0 Å². The number of hydrogen-bond donors (Lipinski definition) is 2. The molecule has 0 radical (unpaired) electrons. The van der Waals surface area contributed by atoms with Crippen LogP contribution in [0.15, 0.2) is 18.2 Å². The van der Waals surface area contributed by atoms with Crippen molar-refractivity contribution >= 4 is 29.1 Å². The summed E-state index contributed by atoms with van der Waals surface area (Å²) in [4.78, 5) is 12.3. The summed E-state index contributed by atoms with van der Waals surface area (Å²) < 4.78 is 0. The average molecular weight is 313 g/mol. The third-order valence-corrected chi connectivity index (χ3v) is 5.29. The molecule has 0 aromatic heterocycles. The zero-order chi connectivity index (χ0) is 14.2. The van der Waals surface area contributed by atoms with Crippen molar-refractivity contribution in [3.05, 3.63) is 33.8 Å². The monoisotopic (exact) mass is 312 g/mol. The molecule has 2 fully saturated rings. The molecular weight excluding hydrogens is 295 g/mol. The average Bonchev–Trinajstić information content (AvgIpc) is 2.40. The van der Waals surface area contributed by atoms with Gasteiger partial charge in [0.05, 0.1) is 15.6 Å². The Labute approximate surface area is 129 Å². The first kappa shape index (κ1) is 14.2. The largest absolute Gasteiger partial charge is 0.349 e. The number of amides is 1. The van der Waals surface area contributed by atoms with Gasteiger partial charge in [0, 0.05) is 11.6 Å². The van der Waals surface area contributed by atoms with Crippen LogP contribution in [0.1, 0.15) is 42.5 Å². The molecule has 1 aromatic rings. The van der Waals surface area contributed by atoms with Crippen LogP contribution in [0.2, 0.25) is 10.0 Å². The molecule has 108 valence electrons. The summed E-state index contributed by atoms with van der Waals surface area (Å²) in [6.07, 6.45) is 5.70. The van der Waals surface area contributed by atoms with E-state index in [1.54, 1.807) is 18.2 Å². The third-order valence-electron chi connectivity index (χ3n) is 4.47. The molecule has 0 bridgehead atoms. The van der Waals surface area contributed by atoms with E-state index in [0.717, 1.165) is 19.4 Å². The quantitative estimate of drug-likeness (QED) is 0.878. The van der Waals surface area contributed by atoms with E-state index < -0.39 is 0 Å². The lowest BCUT2D eigenvalue weighted by Gasteiger charge is -2.48. The zero-order valence-electron chi connectivity index (χ0n) is 11.2. The summed E-state index contributed by atoms with van der Waals surface area (Å²) in [7, 11) is 0. The maximum atomic E-state index is 12.3. The molecule has 2 aliphatic rings. The summed E-state index contributed by atoms with van der Waals surface area (Å²) in [5, 5.41) is 7.45. The Morgan fingerprint density at radius 3 is 2.85 bits per heavy atom. The standard InChI is InChI=1S/C15H18Cl2N2O/c16-12-4-1-3-11(13(12)17)14(20)19-10-5-8-18-15(9-10)6-2-7-15/h1,3-4,10,18H,2,5-9H2,(H,19,20). The molecular formula is C15H18Cl2N2O. The smallest absolute Gasteiger partial charge is 0.253 e. The summed E-state index contributed by atoms with van der Waals surface area (Å²) in [5.74, 6) is -0.126. The Morgan fingerprint density at radius 2 is 2.15 bits per heavy atom. The van der Waals surface area contributed by atoms with Crippen LogP contribution in [0.3, 0.4) is 0 Å². The van der Waals surface area contributed by atoms with Crippen molar-refractivity contribution in [3.63, 3.8) is 0 Å². The molecule has 1 aromatic carbocycles. The summed E-state index contributed by atoms with van der Waals surface area (Å²) in [6, 6.07) is 5.37. The first-order chi connectivity index (χ1) is 9.60. The molecule has 3 nitrogen and oxygen atoms in total. The summed E-state index contributed by atoms with van der Waals surface area (Å²) in [6.45, 7) is 0.966. The second-order valence-corrected chi connectivity index (χ2v) is 6.61. The topological polar surface area (TPSA) is 41.1 Å². The Morgan fingerprint density at radius 1 is 1.35 bits per heavy atom. The van der Waals surface area contributed by atoms with Crippen molar-refractivity contribution in [2.45, 2.75) is 43.7 Å². The van der Waals surface area contributed by atoms with Gasteiger partial charge in [-0.3, -0.25) is 4.79 Å². The minimum atomic E-state index is -0.126. The van der Waals surface area contributed by atoms with E-state index in [1.165, 1.54) is 19.3 Å². The van der Waals surface area contributed by atoms with Gasteiger partial charge in [0.2, 0.25) is 0 Å². The van der Waals surface area contributed by atoms with Crippen LogP contribution in [-0.4, -0.2) is 24.0 Å². The van der Waals surface area contributed by atoms with Gasteiger partial charge in [-0.1, -0.05) is 29.3 Å². The molecule has 2 N–H and O–H groups in total. The number of halogens is 2. The fourth-order valence-corrected chi connectivity index (χ4v) is 3.59. The fourth-order valence-electron chi connectivity index (χ4n) is 3.21. The molecule has 3 rings (SSSR count). The molecule has 1 aliphatic heterocycles.